The van der Waals surface area contributed by atoms with E-state index in [9.17, 15) is 30.4 Å². The molecule has 24 heavy (non-hydrogen) atoms. The van der Waals surface area contributed by atoms with E-state index >= 15 is 0 Å². The summed E-state index contributed by atoms with van der Waals surface area (Å²) in [5, 5.41) is 0. The van der Waals surface area contributed by atoms with Crippen LogP contribution in [0.1, 0.15) is 23.7 Å². The summed E-state index contributed by atoms with van der Waals surface area (Å²) in [6, 6.07) is 3.78. The number of hydrogen-bond donors (Lipinski definition) is 0. The molecule has 0 N–H and O–H groups in total. The molecule has 0 saturated carbocycles. The van der Waals surface area contributed by atoms with Crippen LogP contribution >= 0.6 is 0 Å². The van der Waals surface area contributed by atoms with E-state index in [1.54, 1.807) is 6.92 Å². The Kier molecular flexibility index (Phi) is 5.28. The predicted molar refractivity (Wildman–Crippen MR) is 83.4 cm³/mol. The summed E-state index contributed by atoms with van der Waals surface area (Å²) in [6.07, 6.45) is 0.347. The molecule has 1 fully saturated rings. The van der Waals surface area contributed by atoms with E-state index in [0.29, 0.717) is 6.42 Å². The molecule has 10 heteroatoms. The number of carbonyl (C=O) groups is 1. The third-order valence-corrected chi connectivity index (χ3v) is 7.06. The molecule has 1 atom stereocenters. The Morgan fingerprint density at radius 3 is 2.29 bits per heavy atom. The van der Waals surface area contributed by atoms with Crippen molar-refractivity contribution in [1.29, 1.82) is 0 Å². The average molecular weight is 381 g/mol. The van der Waals surface area contributed by atoms with E-state index in [-0.39, 0.29) is 23.6 Å². The van der Waals surface area contributed by atoms with Crippen molar-refractivity contribution in [3.8, 4) is 0 Å². The van der Waals surface area contributed by atoms with Gasteiger partial charge in [0, 0.05) is 18.2 Å². The van der Waals surface area contributed by atoms with Crippen LogP contribution in [0.5, 0.6) is 0 Å². The van der Waals surface area contributed by atoms with E-state index in [4.69, 9.17) is 0 Å². The van der Waals surface area contributed by atoms with Gasteiger partial charge in [-0.05, 0) is 37.6 Å². The number of benzene rings is 1. The van der Waals surface area contributed by atoms with Crippen molar-refractivity contribution in [1.82, 2.24) is 4.90 Å². The second kappa shape index (κ2) is 6.75. The summed E-state index contributed by atoms with van der Waals surface area (Å²) in [6.45, 7) is 1.99. The summed E-state index contributed by atoms with van der Waals surface area (Å²) < 4.78 is 70.9. The summed E-state index contributed by atoms with van der Waals surface area (Å²) in [5.74, 6) is -4.08. The third kappa shape index (κ3) is 3.75. The first-order valence-electron chi connectivity index (χ1n) is 7.22. The number of halogens is 2. The quantitative estimate of drug-likeness (QED) is 0.768. The Hall–Kier alpha value is -1.55. The van der Waals surface area contributed by atoms with Crippen LogP contribution in [0.15, 0.2) is 29.2 Å². The lowest BCUT2D eigenvalue weighted by Crippen LogP contribution is -2.40. The number of hydrogen-bond acceptors (Lipinski definition) is 5. The number of carbonyl (C=O) groups excluding carboxylic acids is 1. The number of amides is 1. The maximum atomic E-state index is 12.5. The zero-order chi connectivity index (χ0) is 18.1. The highest BCUT2D eigenvalue weighted by Crippen LogP contribution is 2.22. The first kappa shape index (κ1) is 18.8. The highest BCUT2D eigenvalue weighted by molar-refractivity contribution is 7.92. The maximum Gasteiger partial charge on any atom is 0.341 e. The van der Waals surface area contributed by atoms with E-state index < -0.39 is 42.3 Å². The van der Waals surface area contributed by atoms with Gasteiger partial charge in [-0.3, -0.25) is 4.79 Å². The molecule has 1 heterocycles. The van der Waals surface area contributed by atoms with Crippen molar-refractivity contribution in [3.05, 3.63) is 29.8 Å². The molecule has 0 spiro atoms. The van der Waals surface area contributed by atoms with Gasteiger partial charge in [-0.15, -0.1) is 0 Å². The highest BCUT2D eigenvalue weighted by atomic mass is 32.2. The van der Waals surface area contributed by atoms with Gasteiger partial charge in [0.1, 0.15) is 0 Å². The molecule has 1 aromatic carbocycles. The van der Waals surface area contributed by atoms with Gasteiger partial charge in [0.25, 0.3) is 5.91 Å². The SMILES string of the molecule is CCN(C(=O)c1ccc(S(=O)(=O)C(F)F)cc1)[C@@H]1CCS(=O)(=O)C1. The average Bonchev–Trinajstić information content (AvgIpc) is 2.87. The second-order valence-corrected chi connectivity index (χ2v) is 9.62. The molecule has 0 radical (unpaired) electrons. The minimum Gasteiger partial charge on any atom is -0.335 e. The van der Waals surface area contributed by atoms with Gasteiger partial charge >= 0.3 is 5.76 Å². The van der Waals surface area contributed by atoms with Gasteiger partial charge in [0.2, 0.25) is 9.84 Å². The second-order valence-electron chi connectivity index (χ2n) is 5.48. The van der Waals surface area contributed by atoms with Crippen LogP contribution in [0.4, 0.5) is 8.78 Å². The number of rotatable bonds is 5. The van der Waals surface area contributed by atoms with Crippen molar-refractivity contribution < 1.29 is 30.4 Å². The first-order chi connectivity index (χ1) is 11.1. The summed E-state index contributed by atoms with van der Waals surface area (Å²) in [5.41, 5.74) is 0.120. The lowest BCUT2D eigenvalue weighted by Gasteiger charge is -2.27. The normalized spacial score (nSPS) is 20.2. The molecule has 1 aromatic rings. The molecule has 134 valence electrons. The van der Waals surface area contributed by atoms with Crippen molar-refractivity contribution in [3.63, 3.8) is 0 Å². The minimum atomic E-state index is -4.71. The summed E-state index contributed by atoms with van der Waals surface area (Å²) >= 11 is 0. The molecular formula is C14H17F2NO5S2. The smallest absolute Gasteiger partial charge is 0.335 e. The molecule has 0 unspecified atom stereocenters. The van der Waals surface area contributed by atoms with Crippen LogP contribution in [0.3, 0.4) is 0 Å². The monoisotopic (exact) mass is 381 g/mol. The van der Waals surface area contributed by atoms with Crippen LogP contribution in [0, 0.1) is 0 Å². The molecule has 1 amide bonds. The molecule has 6 nitrogen and oxygen atoms in total. The fraction of sp³-hybridized carbons (Fsp3) is 0.500. The van der Waals surface area contributed by atoms with Crippen LogP contribution < -0.4 is 0 Å². The van der Waals surface area contributed by atoms with Crippen LogP contribution in [-0.2, 0) is 19.7 Å². The first-order valence-corrected chi connectivity index (χ1v) is 10.6. The summed E-state index contributed by atoms with van der Waals surface area (Å²) in [4.78, 5) is 13.3. The van der Waals surface area contributed by atoms with Gasteiger partial charge < -0.3 is 4.90 Å². The van der Waals surface area contributed by atoms with Gasteiger partial charge in [0.05, 0.1) is 16.4 Å². The third-order valence-electron chi connectivity index (χ3n) is 3.92. The molecule has 0 bridgehead atoms. The maximum absolute atomic E-state index is 12.5. The largest absolute Gasteiger partial charge is 0.341 e. The zero-order valence-electron chi connectivity index (χ0n) is 12.9. The lowest BCUT2D eigenvalue weighted by atomic mass is 10.1. The predicted octanol–water partition coefficient (Wildman–Crippen LogP) is 1.33. The molecular weight excluding hydrogens is 364 g/mol. The Morgan fingerprint density at radius 2 is 1.88 bits per heavy atom. The standard InChI is InChI=1S/C14H17F2NO5S2/c1-2-17(11-7-8-23(19,20)9-11)13(18)10-3-5-12(6-4-10)24(21,22)14(15)16/h3-6,11,14H,2,7-9H2,1H3/t11-/m1/s1. The Balaban J connectivity index is 2.23. The Labute approximate surface area is 139 Å². The van der Waals surface area contributed by atoms with Crippen molar-refractivity contribution >= 4 is 25.6 Å². The Bertz CT molecular complexity index is 819. The topological polar surface area (TPSA) is 88.6 Å². The Morgan fingerprint density at radius 1 is 1.29 bits per heavy atom. The van der Waals surface area contributed by atoms with Crippen molar-refractivity contribution in [2.24, 2.45) is 0 Å². The molecule has 1 aliphatic rings. The highest BCUT2D eigenvalue weighted by Gasteiger charge is 2.34. The van der Waals surface area contributed by atoms with Gasteiger partial charge in [0.15, 0.2) is 9.84 Å². The van der Waals surface area contributed by atoms with Crippen molar-refractivity contribution in [2.45, 2.75) is 30.0 Å². The number of sulfone groups is 2. The van der Waals surface area contributed by atoms with E-state index in [1.807, 2.05) is 0 Å². The zero-order valence-corrected chi connectivity index (χ0v) is 14.5. The molecule has 0 aliphatic carbocycles. The molecule has 2 rings (SSSR count). The number of alkyl halides is 2. The van der Waals surface area contributed by atoms with E-state index in [2.05, 4.69) is 0 Å². The van der Waals surface area contributed by atoms with Crippen LogP contribution in [0.25, 0.3) is 0 Å². The van der Waals surface area contributed by atoms with Gasteiger partial charge in [-0.25, -0.2) is 16.8 Å². The molecule has 1 saturated heterocycles. The van der Waals surface area contributed by atoms with Crippen molar-refractivity contribution in [2.75, 3.05) is 18.1 Å². The molecule has 1 aliphatic heterocycles. The fourth-order valence-corrected chi connectivity index (χ4v) is 5.10. The number of nitrogens with zero attached hydrogens (tertiary/aromatic N) is 1. The fourth-order valence-electron chi connectivity index (χ4n) is 2.64. The van der Waals surface area contributed by atoms with E-state index in [1.165, 1.54) is 4.90 Å². The minimum absolute atomic E-state index is 0.0208. The van der Waals surface area contributed by atoms with Crippen LogP contribution in [0.2, 0.25) is 0 Å². The van der Waals surface area contributed by atoms with Crippen LogP contribution in [-0.4, -0.2) is 57.5 Å². The van der Waals surface area contributed by atoms with E-state index in [0.717, 1.165) is 24.3 Å². The molecule has 0 aromatic heterocycles. The summed E-state index contributed by atoms with van der Waals surface area (Å²) in [7, 11) is -7.87. The lowest BCUT2D eigenvalue weighted by molar-refractivity contribution is 0.0708. The van der Waals surface area contributed by atoms with Gasteiger partial charge in [-0.1, -0.05) is 0 Å². The van der Waals surface area contributed by atoms with Gasteiger partial charge in [-0.2, -0.15) is 8.78 Å².